The number of halogens is 1. The van der Waals surface area contributed by atoms with Crippen molar-refractivity contribution in [2.75, 3.05) is 19.0 Å². The van der Waals surface area contributed by atoms with Gasteiger partial charge in [-0.15, -0.1) is 0 Å². The molecule has 4 aromatic rings. The molecule has 0 aliphatic rings. The van der Waals surface area contributed by atoms with Crippen LogP contribution in [0.25, 0.3) is 21.8 Å². The number of nitrogens with zero attached hydrogens (tertiary/aromatic N) is 5. The van der Waals surface area contributed by atoms with Crippen LogP contribution in [0.2, 0.25) is 0 Å². The molecule has 0 saturated carbocycles. The van der Waals surface area contributed by atoms with Crippen molar-refractivity contribution in [3.8, 4) is 11.8 Å². The standard InChI is InChI=1S/C28H29FN6O4S/c1-17(36)34(5)35(16-20-8-7-18(13-23(20)29)11-12-28(2,3)40(6,38)39)27(37)19-9-10-24-21(14-19)25-22(26(30)32-24)15-31-33(25)4/h7-10,13-15H,16H2,1-6H3,(H2,30,32). The third-order valence-corrected chi connectivity index (χ3v) is 8.77. The molecule has 2 heterocycles. The van der Waals surface area contributed by atoms with Gasteiger partial charge in [0.1, 0.15) is 16.4 Å². The highest BCUT2D eigenvalue weighted by Crippen LogP contribution is 2.29. The summed E-state index contributed by atoms with van der Waals surface area (Å²) in [6.07, 6.45) is 2.68. The number of hydrogen-bond acceptors (Lipinski definition) is 7. The highest BCUT2D eigenvalue weighted by molar-refractivity contribution is 7.92. The van der Waals surface area contributed by atoms with Gasteiger partial charge in [-0.2, -0.15) is 5.10 Å². The second-order valence-electron chi connectivity index (χ2n) is 10.0. The SMILES string of the molecule is CC(=O)N(C)N(Cc1ccc(C#CC(C)(C)S(C)(=O)=O)cc1F)C(=O)c1ccc2nc(N)c3cnn(C)c3c2c1. The Morgan fingerprint density at radius 1 is 1.15 bits per heavy atom. The Morgan fingerprint density at radius 3 is 2.48 bits per heavy atom. The molecular formula is C28H29FN6O4S. The van der Waals surface area contributed by atoms with Crippen molar-refractivity contribution in [2.24, 2.45) is 7.05 Å². The molecule has 2 amide bonds. The smallest absolute Gasteiger partial charge is 0.272 e. The van der Waals surface area contributed by atoms with E-state index in [1.165, 1.54) is 46.0 Å². The minimum absolute atomic E-state index is 0.138. The first-order chi connectivity index (χ1) is 18.6. The van der Waals surface area contributed by atoms with Gasteiger partial charge in [-0.25, -0.2) is 22.8 Å². The van der Waals surface area contributed by atoms with E-state index in [2.05, 4.69) is 21.9 Å². The summed E-state index contributed by atoms with van der Waals surface area (Å²) < 4.78 is 39.3. The largest absolute Gasteiger partial charge is 0.383 e. The number of carbonyl (C=O) groups excluding carboxylic acids is 2. The lowest BCUT2D eigenvalue weighted by atomic mass is 10.1. The summed E-state index contributed by atoms with van der Waals surface area (Å²) in [5, 5.41) is 7.80. The molecule has 2 N–H and O–H groups in total. The fraction of sp³-hybridized carbons (Fsp3) is 0.286. The number of pyridine rings is 1. The number of aryl methyl sites for hydroxylation is 1. The molecule has 40 heavy (non-hydrogen) atoms. The van der Waals surface area contributed by atoms with E-state index < -0.39 is 32.2 Å². The van der Waals surface area contributed by atoms with Crippen LogP contribution in [0.1, 0.15) is 42.3 Å². The number of nitrogen functional groups attached to an aromatic ring is 1. The third kappa shape index (κ3) is 5.33. The Hall–Kier alpha value is -4.50. The average Bonchev–Trinajstić information content (AvgIpc) is 3.28. The summed E-state index contributed by atoms with van der Waals surface area (Å²) in [4.78, 5) is 30.4. The molecule has 208 valence electrons. The predicted octanol–water partition coefficient (Wildman–Crippen LogP) is 3.05. The van der Waals surface area contributed by atoms with Crippen LogP contribution in [0.4, 0.5) is 10.2 Å². The lowest BCUT2D eigenvalue weighted by Crippen LogP contribution is -2.46. The van der Waals surface area contributed by atoms with Crippen molar-refractivity contribution in [3.05, 3.63) is 65.1 Å². The summed E-state index contributed by atoms with van der Waals surface area (Å²) in [5.41, 5.74) is 8.00. The quantitative estimate of drug-likeness (QED) is 0.298. The maximum absolute atomic E-state index is 15.2. The zero-order chi connectivity index (χ0) is 29.6. The highest BCUT2D eigenvalue weighted by Gasteiger charge is 2.28. The Morgan fingerprint density at radius 2 is 1.85 bits per heavy atom. The number of nitrogens with two attached hydrogens (primary N) is 1. The highest BCUT2D eigenvalue weighted by atomic mass is 32.2. The fourth-order valence-corrected chi connectivity index (χ4v) is 4.19. The molecule has 0 aliphatic carbocycles. The zero-order valence-corrected chi connectivity index (χ0v) is 23.8. The molecule has 2 aromatic carbocycles. The molecule has 0 atom stereocenters. The number of sulfone groups is 1. The van der Waals surface area contributed by atoms with Gasteiger partial charge < -0.3 is 5.73 Å². The van der Waals surface area contributed by atoms with Gasteiger partial charge in [0.25, 0.3) is 5.91 Å². The number of carbonyl (C=O) groups is 2. The molecule has 4 rings (SSSR count). The maximum Gasteiger partial charge on any atom is 0.272 e. The van der Waals surface area contributed by atoms with Crippen LogP contribution in [0.5, 0.6) is 0 Å². The average molecular weight is 565 g/mol. The van der Waals surface area contributed by atoms with Gasteiger partial charge in [0, 0.05) is 49.4 Å². The Kier molecular flexibility index (Phi) is 7.30. The Bertz CT molecular complexity index is 1850. The summed E-state index contributed by atoms with van der Waals surface area (Å²) in [7, 11) is -0.273. The van der Waals surface area contributed by atoms with E-state index in [0.717, 1.165) is 16.3 Å². The van der Waals surface area contributed by atoms with Crippen molar-refractivity contribution in [1.29, 1.82) is 0 Å². The molecule has 2 aromatic heterocycles. The molecule has 0 bridgehead atoms. The van der Waals surface area contributed by atoms with Gasteiger partial charge in [-0.05, 0) is 44.2 Å². The Balaban J connectivity index is 1.71. The first kappa shape index (κ1) is 28.5. The van der Waals surface area contributed by atoms with Crippen molar-refractivity contribution >= 4 is 49.3 Å². The number of anilines is 1. The molecule has 12 heteroatoms. The van der Waals surface area contributed by atoms with Crippen molar-refractivity contribution in [3.63, 3.8) is 0 Å². The van der Waals surface area contributed by atoms with Crippen molar-refractivity contribution in [1.82, 2.24) is 24.8 Å². The topological polar surface area (TPSA) is 131 Å². The lowest BCUT2D eigenvalue weighted by molar-refractivity contribution is -0.140. The van der Waals surface area contributed by atoms with Gasteiger partial charge in [0.15, 0.2) is 9.84 Å². The van der Waals surface area contributed by atoms with Crippen LogP contribution in [0, 0.1) is 17.7 Å². The molecule has 0 radical (unpaired) electrons. The number of rotatable bonds is 4. The van der Waals surface area contributed by atoms with E-state index in [9.17, 15) is 18.0 Å². The van der Waals surface area contributed by atoms with E-state index in [0.29, 0.717) is 27.6 Å². The summed E-state index contributed by atoms with van der Waals surface area (Å²) >= 11 is 0. The van der Waals surface area contributed by atoms with Gasteiger partial charge in [0.2, 0.25) is 5.91 Å². The maximum atomic E-state index is 15.2. The molecule has 0 aliphatic heterocycles. The monoisotopic (exact) mass is 564 g/mol. The zero-order valence-electron chi connectivity index (χ0n) is 23.0. The van der Waals surface area contributed by atoms with E-state index in [4.69, 9.17) is 5.73 Å². The molecular weight excluding hydrogens is 535 g/mol. The molecule has 0 unspecified atom stereocenters. The molecule has 10 nitrogen and oxygen atoms in total. The summed E-state index contributed by atoms with van der Waals surface area (Å²) in [6, 6.07) is 9.02. The molecule has 0 fully saturated rings. The van der Waals surface area contributed by atoms with Crippen molar-refractivity contribution < 1.29 is 22.4 Å². The summed E-state index contributed by atoms with van der Waals surface area (Å²) in [6.45, 7) is 3.99. The molecule has 0 saturated heterocycles. The normalized spacial score (nSPS) is 11.8. The second kappa shape index (κ2) is 10.2. The first-order valence-corrected chi connectivity index (χ1v) is 14.1. The number of hydrogen-bond donors (Lipinski definition) is 1. The third-order valence-electron chi connectivity index (χ3n) is 6.81. The van der Waals surface area contributed by atoms with Crippen LogP contribution in [-0.2, 0) is 28.2 Å². The van der Waals surface area contributed by atoms with Gasteiger partial charge in [-0.3, -0.25) is 19.3 Å². The van der Waals surface area contributed by atoms with Gasteiger partial charge in [0.05, 0.1) is 29.2 Å². The first-order valence-electron chi connectivity index (χ1n) is 12.2. The Labute approximate surface area is 231 Å². The van der Waals surface area contributed by atoms with Gasteiger partial charge >= 0.3 is 0 Å². The number of fused-ring (bicyclic) bond motifs is 3. The van der Waals surface area contributed by atoms with E-state index in [1.54, 1.807) is 36.1 Å². The van der Waals surface area contributed by atoms with Gasteiger partial charge in [-0.1, -0.05) is 17.9 Å². The van der Waals surface area contributed by atoms with E-state index in [1.807, 2.05) is 0 Å². The minimum atomic E-state index is -3.45. The predicted molar refractivity (Wildman–Crippen MR) is 151 cm³/mol. The van der Waals surface area contributed by atoms with Crippen LogP contribution in [0.3, 0.4) is 0 Å². The number of aromatic nitrogens is 3. The van der Waals surface area contributed by atoms with Crippen LogP contribution >= 0.6 is 0 Å². The van der Waals surface area contributed by atoms with Crippen LogP contribution in [0.15, 0.2) is 42.6 Å². The number of amides is 2. The van der Waals surface area contributed by atoms with Crippen molar-refractivity contribution in [2.45, 2.75) is 32.1 Å². The van der Waals surface area contributed by atoms with Crippen LogP contribution in [-0.4, -0.2) is 63.1 Å². The lowest BCUT2D eigenvalue weighted by Gasteiger charge is -2.31. The van der Waals surface area contributed by atoms with Crippen LogP contribution < -0.4 is 5.73 Å². The second-order valence-corrected chi connectivity index (χ2v) is 12.6. The summed E-state index contributed by atoms with van der Waals surface area (Å²) in [5.74, 6) is 4.06. The number of benzene rings is 2. The minimum Gasteiger partial charge on any atom is -0.383 e. The van der Waals surface area contributed by atoms with E-state index in [-0.39, 0.29) is 23.2 Å². The molecule has 0 spiro atoms. The number of hydrazine groups is 1. The fourth-order valence-electron chi connectivity index (χ4n) is 3.95. The van der Waals surface area contributed by atoms with E-state index >= 15 is 4.39 Å².